The number of carbonyl (C=O) groups is 2. The lowest BCUT2D eigenvalue weighted by molar-refractivity contribution is -0.144. The van der Waals surface area contributed by atoms with Crippen molar-refractivity contribution in [3.05, 3.63) is 22.1 Å². The van der Waals surface area contributed by atoms with E-state index < -0.39 is 17.9 Å². The molecule has 6 heteroatoms. The fourth-order valence-corrected chi connectivity index (χ4v) is 2.64. The van der Waals surface area contributed by atoms with Crippen molar-refractivity contribution < 1.29 is 18.7 Å². The SMILES string of the molecule is CCC(CC)[C@H](NC(=O)c1oc(Br)cc1C)C(=O)OC. The maximum absolute atomic E-state index is 12.2. The Morgan fingerprint density at radius 1 is 1.40 bits per heavy atom. The number of furan rings is 1. The first-order valence-corrected chi connectivity index (χ1v) is 7.38. The first kappa shape index (κ1) is 16.8. The number of amides is 1. The van der Waals surface area contributed by atoms with Gasteiger partial charge in [0, 0.05) is 5.56 Å². The van der Waals surface area contributed by atoms with Crippen LogP contribution in [-0.4, -0.2) is 25.0 Å². The van der Waals surface area contributed by atoms with E-state index in [1.54, 1.807) is 13.0 Å². The molecular weight excluding hydrogens is 326 g/mol. The first-order chi connectivity index (χ1) is 9.44. The van der Waals surface area contributed by atoms with E-state index in [1.165, 1.54) is 7.11 Å². The average molecular weight is 346 g/mol. The van der Waals surface area contributed by atoms with Crippen LogP contribution in [0.25, 0.3) is 0 Å². The maximum atomic E-state index is 12.2. The van der Waals surface area contributed by atoms with Crippen LogP contribution in [-0.2, 0) is 9.53 Å². The van der Waals surface area contributed by atoms with Crippen molar-refractivity contribution in [2.45, 2.75) is 39.7 Å². The number of nitrogens with one attached hydrogen (secondary N) is 1. The van der Waals surface area contributed by atoms with E-state index in [9.17, 15) is 9.59 Å². The van der Waals surface area contributed by atoms with Crippen LogP contribution in [0.1, 0.15) is 42.8 Å². The van der Waals surface area contributed by atoms with Gasteiger partial charge in [-0.25, -0.2) is 4.79 Å². The van der Waals surface area contributed by atoms with E-state index in [2.05, 4.69) is 21.2 Å². The molecule has 0 aliphatic carbocycles. The highest BCUT2D eigenvalue weighted by atomic mass is 79.9. The standard InChI is InChI=1S/C14H20BrNO4/c1-5-9(6-2)11(14(18)19-4)16-13(17)12-8(3)7-10(15)20-12/h7,9,11H,5-6H2,1-4H3,(H,16,17)/t11-/m0/s1. The maximum Gasteiger partial charge on any atom is 0.328 e. The predicted molar refractivity (Wildman–Crippen MR) is 78.5 cm³/mol. The van der Waals surface area contributed by atoms with Gasteiger partial charge in [-0.15, -0.1) is 0 Å². The second-order valence-electron chi connectivity index (χ2n) is 4.61. The monoisotopic (exact) mass is 345 g/mol. The van der Waals surface area contributed by atoms with E-state index in [0.29, 0.717) is 10.2 Å². The smallest absolute Gasteiger partial charge is 0.328 e. The van der Waals surface area contributed by atoms with Crippen molar-refractivity contribution in [3.63, 3.8) is 0 Å². The molecule has 20 heavy (non-hydrogen) atoms. The second kappa shape index (κ2) is 7.47. The van der Waals surface area contributed by atoms with Crippen molar-refractivity contribution >= 4 is 27.8 Å². The van der Waals surface area contributed by atoms with Gasteiger partial charge < -0.3 is 14.5 Å². The van der Waals surface area contributed by atoms with Gasteiger partial charge in [-0.2, -0.15) is 0 Å². The summed E-state index contributed by atoms with van der Waals surface area (Å²) in [5.41, 5.74) is 0.711. The number of esters is 1. The summed E-state index contributed by atoms with van der Waals surface area (Å²) in [5, 5.41) is 2.71. The molecule has 0 aliphatic heterocycles. The Morgan fingerprint density at radius 3 is 2.40 bits per heavy atom. The third-order valence-corrected chi connectivity index (χ3v) is 3.75. The molecule has 0 bridgehead atoms. The summed E-state index contributed by atoms with van der Waals surface area (Å²) in [6.07, 6.45) is 1.55. The highest BCUT2D eigenvalue weighted by Gasteiger charge is 2.30. The minimum absolute atomic E-state index is 0.0325. The average Bonchev–Trinajstić information content (AvgIpc) is 2.76. The fourth-order valence-electron chi connectivity index (χ4n) is 2.13. The molecule has 0 radical (unpaired) electrons. The van der Waals surface area contributed by atoms with E-state index >= 15 is 0 Å². The van der Waals surface area contributed by atoms with Crippen molar-refractivity contribution in [3.8, 4) is 0 Å². The number of methoxy groups -OCH3 is 1. The van der Waals surface area contributed by atoms with E-state index in [0.717, 1.165) is 12.8 Å². The number of halogens is 1. The summed E-state index contributed by atoms with van der Waals surface area (Å²) in [5.74, 6) is -0.604. The van der Waals surface area contributed by atoms with Gasteiger partial charge >= 0.3 is 5.97 Å². The number of rotatable bonds is 6. The lowest BCUT2D eigenvalue weighted by atomic mass is 9.94. The Kier molecular flexibility index (Phi) is 6.26. The van der Waals surface area contributed by atoms with Crippen LogP contribution in [0.2, 0.25) is 0 Å². The topological polar surface area (TPSA) is 68.5 Å². The molecule has 0 saturated heterocycles. The minimum atomic E-state index is -0.661. The quantitative estimate of drug-likeness (QED) is 0.804. The van der Waals surface area contributed by atoms with Gasteiger partial charge in [-0.05, 0) is 34.8 Å². The number of carbonyl (C=O) groups excluding carboxylic acids is 2. The van der Waals surface area contributed by atoms with Crippen LogP contribution in [0.3, 0.4) is 0 Å². The Morgan fingerprint density at radius 2 is 2.00 bits per heavy atom. The Hall–Kier alpha value is -1.30. The summed E-state index contributed by atoms with van der Waals surface area (Å²) in [6, 6.07) is 1.05. The van der Waals surface area contributed by atoms with Gasteiger partial charge in [0.05, 0.1) is 7.11 Å². The van der Waals surface area contributed by atoms with Crippen LogP contribution in [0.4, 0.5) is 0 Å². The molecule has 0 unspecified atom stereocenters. The summed E-state index contributed by atoms with van der Waals surface area (Å²) in [6.45, 7) is 5.73. The van der Waals surface area contributed by atoms with Crippen LogP contribution >= 0.6 is 15.9 Å². The lowest BCUT2D eigenvalue weighted by Gasteiger charge is -2.23. The Labute approximate surface area is 127 Å². The zero-order valence-corrected chi connectivity index (χ0v) is 13.7. The third-order valence-electron chi connectivity index (χ3n) is 3.36. The van der Waals surface area contributed by atoms with Crippen LogP contribution in [0.15, 0.2) is 15.2 Å². The van der Waals surface area contributed by atoms with Crippen LogP contribution < -0.4 is 5.32 Å². The summed E-state index contributed by atoms with van der Waals surface area (Å²) in [4.78, 5) is 24.1. The van der Waals surface area contributed by atoms with E-state index in [4.69, 9.17) is 9.15 Å². The molecule has 0 saturated carbocycles. The molecule has 1 atom stereocenters. The van der Waals surface area contributed by atoms with Crippen molar-refractivity contribution in [2.24, 2.45) is 5.92 Å². The third kappa shape index (κ3) is 3.85. The molecule has 1 N–H and O–H groups in total. The largest absolute Gasteiger partial charge is 0.467 e. The molecule has 1 aromatic rings. The first-order valence-electron chi connectivity index (χ1n) is 6.59. The van der Waals surface area contributed by atoms with Crippen LogP contribution in [0, 0.1) is 12.8 Å². The molecular formula is C14H20BrNO4. The molecule has 0 aromatic carbocycles. The molecule has 0 fully saturated rings. The van der Waals surface area contributed by atoms with Crippen molar-refractivity contribution in [1.82, 2.24) is 5.32 Å². The summed E-state index contributed by atoms with van der Waals surface area (Å²) < 4.78 is 10.5. The second-order valence-corrected chi connectivity index (χ2v) is 5.40. The van der Waals surface area contributed by atoms with Crippen molar-refractivity contribution in [1.29, 1.82) is 0 Å². The van der Waals surface area contributed by atoms with E-state index in [1.807, 2.05) is 13.8 Å². The number of hydrogen-bond donors (Lipinski definition) is 1. The van der Waals surface area contributed by atoms with Crippen LogP contribution in [0.5, 0.6) is 0 Å². The van der Waals surface area contributed by atoms with E-state index in [-0.39, 0.29) is 11.7 Å². The normalized spacial score (nSPS) is 12.3. The molecule has 1 heterocycles. The highest BCUT2D eigenvalue weighted by Crippen LogP contribution is 2.21. The zero-order valence-electron chi connectivity index (χ0n) is 12.2. The number of hydrogen-bond acceptors (Lipinski definition) is 4. The Balaban J connectivity index is 2.92. The number of ether oxygens (including phenoxy) is 1. The fraction of sp³-hybridized carbons (Fsp3) is 0.571. The molecule has 1 amide bonds. The van der Waals surface area contributed by atoms with Gasteiger partial charge in [0.25, 0.3) is 5.91 Å². The van der Waals surface area contributed by atoms with Gasteiger partial charge in [-0.1, -0.05) is 26.7 Å². The lowest BCUT2D eigenvalue weighted by Crippen LogP contribution is -2.46. The minimum Gasteiger partial charge on any atom is -0.467 e. The summed E-state index contributed by atoms with van der Waals surface area (Å²) >= 11 is 3.18. The van der Waals surface area contributed by atoms with Gasteiger partial charge in [-0.3, -0.25) is 4.79 Å². The molecule has 112 valence electrons. The van der Waals surface area contributed by atoms with Gasteiger partial charge in [0.1, 0.15) is 6.04 Å². The highest BCUT2D eigenvalue weighted by molar-refractivity contribution is 9.10. The Bertz CT molecular complexity index is 480. The zero-order chi connectivity index (χ0) is 15.3. The molecule has 5 nitrogen and oxygen atoms in total. The number of aryl methyl sites for hydroxylation is 1. The molecule has 0 spiro atoms. The van der Waals surface area contributed by atoms with Gasteiger partial charge in [0.2, 0.25) is 0 Å². The molecule has 1 aromatic heterocycles. The molecule has 1 rings (SSSR count). The van der Waals surface area contributed by atoms with Crippen molar-refractivity contribution in [2.75, 3.05) is 7.11 Å². The summed E-state index contributed by atoms with van der Waals surface area (Å²) in [7, 11) is 1.32. The van der Waals surface area contributed by atoms with Gasteiger partial charge in [0.15, 0.2) is 10.4 Å². The predicted octanol–water partition coefficient (Wildman–Crippen LogP) is 3.06. The molecule has 0 aliphatic rings.